The van der Waals surface area contributed by atoms with Crippen molar-refractivity contribution in [1.82, 2.24) is 5.16 Å². The van der Waals surface area contributed by atoms with Gasteiger partial charge >= 0.3 is 0 Å². The van der Waals surface area contributed by atoms with Crippen molar-refractivity contribution >= 4 is 22.2 Å². The van der Waals surface area contributed by atoms with E-state index < -0.39 is 5.91 Å². The molecular weight excluding hydrogens is 366 g/mol. The van der Waals surface area contributed by atoms with Crippen LogP contribution in [0.2, 0.25) is 0 Å². The Hall–Kier alpha value is -3.31. The van der Waals surface area contributed by atoms with E-state index in [2.05, 4.69) is 16.5 Å². The van der Waals surface area contributed by atoms with E-state index in [1.807, 2.05) is 6.07 Å². The Morgan fingerprint density at radius 1 is 1.22 bits per heavy atom. The van der Waals surface area contributed by atoms with Gasteiger partial charge < -0.3 is 19.3 Å². The van der Waals surface area contributed by atoms with Crippen molar-refractivity contribution in [3.8, 4) is 28.9 Å². The van der Waals surface area contributed by atoms with Crippen LogP contribution in [0.5, 0.6) is 11.5 Å². The molecule has 0 saturated carbocycles. The van der Waals surface area contributed by atoms with Gasteiger partial charge in [0, 0.05) is 16.5 Å². The highest BCUT2D eigenvalue weighted by Gasteiger charge is 2.24. The molecule has 2 aromatic heterocycles. The van der Waals surface area contributed by atoms with E-state index in [1.165, 1.54) is 16.2 Å². The Morgan fingerprint density at radius 3 is 3.00 bits per heavy atom. The van der Waals surface area contributed by atoms with Gasteiger partial charge in [0.2, 0.25) is 6.79 Å². The number of carbonyl (C=O) groups is 1. The molecule has 5 rings (SSSR count). The summed E-state index contributed by atoms with van der Waals surface area (Å²) >= 11 is 1.47. The SMILES string of the molecule is N#Cc1c(NC(=O)c2cc(-c3ccc4c(c3)OCO4)on2)sc2c1CCC2. The molecule has 1 aromatic carbocycles. The number of aromatic nitrogens is 1. The second kappa shape index (κ2) is 6.14. The van der Waals surface area contributed by atoms with Crippen LogP contribution in [0, 0.1) is 11.3 Å². The average Bonchev–Trinajstić information content (AvgIpc) is 3.43. The highest BCUT2D eigenvalue weighted by molar-refractivity contribution is 7.16. The Morgan fingerprint density at radius 2 is 2.11 bits per heavy atom. The molecule has 0 bridgehead atoms. The Balaban J connectivity index is 1.39. The fourth-order valence-corrected chi connectivity index (χ4v) is 4.58. The van der Waals surface area contributed by atoms with E-state index in [1.54, 1.807) is 18.2 Å². The second-order valence-electron chi connectivity index (χ2n) is 6.27. The fourth-order valence-electron chi connectivity index (χ4n) is 3.35. The number of rotatable bonds is 3. The van der Waals surface area contributed by atoms with Gasteiger partial charge in [-0.15, -0.1) is 11.3 Å². The van der Waals surface area contributed by atoms with Crippen LogP contribution in [0.25, 0.3) is 11.3 Å². The predicted molar refractivity (Wildman–Crippen MR) is 97.1 cm³/mol. The summed E-state index contributed by atoms with van der Waals surface area (Å²) in [5, 5.41) is 16.7. The molecule has 1 amide bonds. The number of nitriles is 1. The maximum atomic E-state index is 12.6. The molecule has 0 spiro atoms. The molecule has 1 aliphatic carbocycles. The summed E-state index contributed by atoms with van der Waals surface area (Å²) in [5.41, 5.74) is 2.53. The van der Waals surface area contributed by atoms with Gasteiger partial charge in [0.05, 0.1) is 5.56 Å². The van der Waals surface area contributed by atoms with Crippen LogP contribution >= 0.6 is 11.3 Å². The zero-order chi connectivity index (χ0) is 18.4. The van der Waals surface area contributed by atoms with Crippen molar-refractivity contribution < 1.29 is 18.8 Å². The topological polar surface area (TPSA) is 97.4 Å². The Bertz CT molecular complexity index is 1110. The number of fused-ring (bicyclic) bond motifs is 2. The number of hydrogen-bond acceptors (Lipinski definition) is 7. The first-order chi connectivity index (χ1) is 13.2. The van der Waals surface area contributed by atoms with Crippen LogP contribution in [0.3, 0.4) is 0 Å². The highest BCUT2D eigenvalue weighted by atomic mass is 32.1. The summed E-state index contributed by atoms with van der Waals surface area (Å²) in [6.45, 7) is 0.189. The molecule has 0 saturated heterocycles. The van der Waals surface area contributed by atoms with Crippen LogP contribution in [-0.2, 0) is 12.8 Å². The fraction of sp³-hybridized carbons (Fsp3) is 0.211. The smallest absolute Gasteiger partial charge is 0.278 e. The normalized spacial score (nSPS) is 14.0. The summed E-state index contributed by atoms with van der Waals surface area (Å²) in [5.74, 6) is 1.35. The third-order valence-corrected chi connectivity index (χ3v) is 5.87. The molecule has 1 N–H and O–H groups in total. The summed E-state index contributed by atoms with van der Waals surface area (Å²) in [7, 11) is 0. The van der Waals surface area contributed by atoms with Gasteiger partial charge in [-0.25, -0.2) is 0 Å². The molecule has 27 heavy (non-hydrogen) atoms. The Kier molecular flexibility index (Phi) is 3.62. The average molecular weight is 379 g/mol. The zero-order valence-corrected chi connectivity index (χ0v) is 14.9. The minimum absolute atomic E-state index is 0.153. The number of thiophene rings is 1. The molecule has 8 heteroatoms. The van der Waals surface area contributed by atoms with Gasteiger partial charge in [-0.1, -0.05) is 5.16 Å². The Labute approximate surface area is 158 Å². The zero-order valence-electron chi connectivity index (χ0n) is 14.1. The number of benzene rings is 1. The standard InChI is InChI=1S/C19H13N3O4S/c20-8-12-11-2-1-3-17(11)27-19(12)21-18(23)13-7-15(26-22-13)10-4-5-14-16(6-10)25-9-24-14/h4-7H,1-3,9H2,(H,21,23). The molecule has 0 unspecified atom stereocenters. The lowest BCUT2D eigenvalue weighted by Crippen LogP contribution is -2.12. The van der Waals surface area contributed by atoms with Crippen LogP contribution in [-0.4, -0.2) is 17.9 Å². The van der Waals surface area contributed by atoms with Crippen molar-refractivity contribution in [1.29, 1.82) is 5.26 Å². The number of amides is 1. The van der Waals surface area contributed by atoms with E-state index in [-0.39, 0.29) is 12.5 Å². The first-order valence-electron chi connectivity index (χ1n) is 8.45. The molecule has 0 fully saturated rings. The van der Waals surface area contributed by atoms with Crippen LogP contribution < -0.4 is 14.8 Å². The lowest BCUT2D eigenvalue weighted by Gasteiger charge is -2.00. The molecular formula is C19H13N3O4S. The third-order valence-electron chi connectivity index (χ3n) is 4.66. The van der Waals surface area contributed by atoms with Gasteiger partial charge in [0.25, 0.3) is 5.91 Å². The van der Waals surface area contributed by atoms with Crippen LogP contribution in [0.1, 0.15) is 32.9 Å². The third kappa shape index (κ3) is 2.64. The van der Waals surface area contributed by atoms with Crippen molar-refractivity contribution in [2.45, 2.75) is 19.3 Å². The minimum Gasteiger partial charge on any atom is -0.454 e. The molecule has 3 heterocycles. The summed E-state index contributed by atoms with van der Waals surface area (Å²) < 4.78 is 16.0. The maximum absolute atomic E-state index is 12.6. The second-order valence-corrected chi connectivity index (χ2v) is 7.38. The summed E-state index contributed by atoms with van der Waals surface area (Å²) in [4.78, 5) is 13.7. The number of anilines is 1. The van der Waals surface area contributed by atoms with Gasteiger partial charge in [0.1, 0.15) is 11.1 Å². The van der Waals surface area contributed by atoms with Crippen LogP contribution in [0.15, 0.2) is 28.8 Å². The number of nitrogens with zero attached hydrogens (tertiary/aromatic N) is 2. The van der Waals surface area contributed by atoms with E-state index in [0.29, 0.717) is 27.8 Å². The largest absolute Gasteiger partial charge is 0.454 e. The lowest BCUT2D eigenvalue weighted by atomic mass is 10.1. The van der Waals surface area contributed by atoms with Crippen LogP contribution in [0.4, 0.5) is 5.00 Å². The van der Waals surface area contributed by atoms with E-state index in [0.717, 1.165) is 30.4 Å². The molecule has 134 valence electrons. The monoisotopic (exact) mass is 379 g/mol. The highest BCUT2D eigenvalue weighted by Crippen LogP contribution is 2.39. The molecule has 0 atom stereocenters. The lowest BCUT2D eigenvalue weighted by molar-refractivity contribution is 0.101. The van der Waals surface area contributed by atoms with E-state index in [9.17, 15) is 10.1 Å². The van der Waals surface area contributed by atoms with Gasteiger partial charge in [-0.3, -0.25) is 4.79 Å². The summed E-state index contributed by atoms with van der Waals surface area (Å²) in [6, 6.07) is 9.16. The number of ether oxygens (including phenoxy) is 2. The molecule has 0 radical (unpaired) electrons. The quantitative estimate of drug-likeness (QED) is 0.744. The van der Waals surface area contributed by atoms with Gasteiger partial charge in [-0.2, -0.15) is 5.26 Å². The number of nitrogens with one attached hydrogen (secondary N) is 1. The predicted octanol–water partition coefficient (Wildman–Crippen LogP) is 3.74. The first kappa shape index (κ1) is 15.9. The number of aryl methyl sites for hydroxylation is 1. The van der Waals surface area contributed by atoms with Crippen molar-refractivity contribution in [2.75, 3.05) is 12.1 Å². The molecule has 7 nitrogen and oxygen atoms in total. The maximum Gasteiger partial charge on any atom is 0.278 e. The van der Waals surface area contributed by atoms with E-state index in [4.69, 9.17) is 14.0 Å². The number of hydrogen-bond donors (Lipinski definition) is 1. The van der Waals surface area contributed by atoms with Crippen molar-refractivity contribution in [3.63, 3.8) is 0 Å². The molecule has 3 aromatic rings. The van der Waals surface area contributed by atoms with E-state index >= 15 is 0 Å². The summed E-state index contributed by atoms with van der Waals surface area (Å²) in [6.07, 6.45) is 2.91. The molecule has 1 aliphatic heterocycles. The first-order valence-corrected chi connectivity index (χ1v) is 9.27. The van der Waals surface area contributed by atoms with Crippen molar-refractivity contribution in [2.24, 2.45) is 0 Å². The number of carbonyl (C=O) groups excluding carboxylic acids is 1. The minimum atomic E-state index is -0.401. The van der Waals surface area contributed by atoms with Crippen molar-refractivity contribution in [3.05, 3.63) is 46.0 Å². The molecule has 2 aliphatic rings. The van der Waals surface area contributed by atoms with Gasteiger partial charge in [0.15, 0.2) is 23.0 Å². The van der Waals surface area contributed by atoms with Gasteiger partial charge in [-0.05, 0) is 43.0 Å².